The molecule has 0 fully saturated rings. The van der Waals surface area contributed by atoms with Crippen molar-refractivity contribution in [1.82, 2.24) is 0 Å². The average Bonchev–Trinajstić information content (AvgIpc) is 2.65. The van der Waals surface area contributed by atoms with E-state index in [0.29, 0.717) is 0 Å². The molecule has 0 aromatic heterocycles. The summed E-state index contributed by atoms with van der Waals surface area (Å²) in [7, 11) is 0. The Kier molecular flexibility index (Phi) is 12.3. The lowest BCUT2D eigenvalue weighted by atomic mass is 9.99. The van der Waals surface area contributed by atoms with Gasteiger partial charge in [0.05, 0.1) is 5.92 Å². The zero-order valence-corrected chi connectivity index (χ0v) is 16.7. The molecule has 1 aromatic rings. The number of carboxylic acids is 1. The molecule has 1 unspecified atom stereocenters. The third-order valence-electron chi connectivity index (χ3n) is 4.80. The molecular weight excluding hydrogens is 322 g/mol. The van der Waals surface area contributed by atoms with Crippen LogP contribution in [0.15, 0.2) is 36.4 Å². The Morgan fingerprint density at radius 3 is 2.31 bits per heavy atom. The molecular formula is C23H37NO2. The average molecular weight is 360 g/mol. The Labute approximate surface area is 159 Å². The van der Waals surface area contributed by atoms with Crippen molar-refractivity contribution in [3.8, 4) is 0 Å². The number of para-hydroxylation sites is 1. The highest BCUT2D eigenvalue weighted by Crippen LogP contribution is 2.24. The van der Waals surface area contributed by atoms with E-state index >= 15 is 0 Å². The SMILES string of the molecule is CCCCCCCCCC=CCCCNc1ccccc1C(C)C(=O)O. The molecule has 0 saturated carbocycles. The number of hydrogen-bond donors (Lipinski definition) is 2. The van der Waals surface area contributed by atoms with E-state index in [1.807, 2.05) is 24.3 Å². The van der Waals surface area contributed by atoms with Crippen molar-refractivity contribution in [2.45, 2.75) is 84.0 Å². The molecule has 0 spiro atoms. The monoisotopic (exact) mass is 359 g/mol. The fourth-order valence-electron chi connectivity index (χ4n) is 3.07. The lowest BCUT2D eigenvalue weighted by Gasteiger charge is -2.14. The van der Waals surface area contributed by atoms with E-state index in [0.717, 1.165) is 30.6 Å². The number of hydrogen-bond acceptors (Lipinski definition) is 2. The maximum Gasteiger partial charge on any atom is 0.310 e. The lowest BCUT2D eigenvalue weighted by Crippen LogP contribution is -2.11. The van der Waals surface area contributed by atoms with Gasteiger partial charge in [0.15, 0.2) is 0 Å². The van der Waals surface area contributed by atoms with Crippen LogP contribution in [0.5, 0.6) is 0 Å². The zero-order valence-electron chi connectivity index (χ0n) is 16.7. The number of carbonyl (C=O) groups is 1. The van der Waals surface area contributed by atoms with Gasteiger partial charge in [0.25, 0.3) is 0 Å². The van der Waals surface area contributed by atoms with Gasteiger partial charge >= 0.3 is 5.97 Å². The van der Waals surface area contributed by atoms with Gasteiger partial charge in [-0.05, 0) is 44.2 Å². The summed E-state index contributed by atoms with van der Waals surface area (Å²) in [4.78, 5) is 11.2. The first kappa shape index (κ1) is 22.3. The second-order valence-corrected chi connectivity index (χ2v) is 7.10. The number of benzene rings is 1. The van der Waals surface area contributed by atoms with Crippen molar-refractivity contribution in [2.75, 3.05) is 11.9 Å². The first-order valence-electron chi connectivity index (χ1n) is 10.4. The molecule has 1 atom stereocenters. The van der Waals surface area contributed by atoms with E-state index < -0.39 is 11.9 Å². The molecule has 0 aliphatic rings. The van der Waals surface area contributed by atoms with Crippen LogP contribution in [0.3, 0.4) is 0 Å². The largest absolute Gasteiger partial charge is 0.481 e. The Morgan fingerprint density at radius 1 is 1.00 bits per heavy atom. The Balaban J connectivity index is 2.11. The van der Waals surface area contributed by atoms with Gasteiger partial charge in [0.2, 0.25) is 0 Å². The minimum Gasteiger partial charge on any atom is -0.481 e. The maximum atomic E-state index is 11.2. The predicted octanol–water partition coefficient (Wildman–Crippen LogP) is 6.76. The molecule has 26 heavy (non-hydrogen) atoms. The summed E-state index contributed by atoms with van der Waals surface area (Å²) in [5, 5.41) is 12.6. The summed E-state index contributed by atoms with van der Waals surface area (Å²) in [5.41, 5.74) is 1.80. The van der Waals surface area contributed by atoms with E-state index in [9.17, 15) is 9.90 Å². The second-order valence-electron chi connectivity index (χ2n) is 7.10. The number of aliphatic carboxylic acids is 1. The molecule has 3 nitrogen and oxygen atoms in total. The third-order valence-corrected chi connectivity index (χ3v) is 4.80. The van der Waals surface area contributed by atoms with Crippen LogP contribution in [0.25, 0.3) is 0 Å². The first-order chi connectivity index (χ1) is 12.7. The minimum atomic E-state index is -0.785. The number of rotatable bonds is 15. The van der Waals surface area contributed by atoms with Crippen LogP contribution in [-0.4, -0.2) is 17.6 Å². The second kappa shape index (κ2) is 14.4. The number of allylic oxidation sites excluding steroid dienone is 2. The summed E-state index contributed by atoms with van der Waals surface area (Å²) >= 11 is 0. The highest BCUT2D eigenvalue weighted by atomic mass is 16.4. The maximum absolute atomic E-state index is 11.2. The van der Waals surface area contributed by atoms with Gasteiger partial charge in [-0.3, -0.25) is 4.79 Å². The van der Waals surface area contributed by atoms with E-state index in [-0.39, 0.29) is 0 Å². The van der Waals surface area contributed by atoms with Crippen LogP contribution in [0.2, 0.25) is 0 Å². The smallest absolute Gasteiger partial charge is 0.310 e. The van der Waals surface area contributed by atoms with Gasteiger partial charge < -0.3 is 10.4 Å². The Hall–Kier alpha value is -1.77. The van der Waals surface area contributed by atoms with Crippen LogP contribution in [0.1, 0.15) is 89.5 Å². The molecule has 146 valence electrons. The number of anilines is 1. The summed E-state index contributed by atoms with van der Waals surface area (Å²) in [5.74, 6) is -1.27. The number of unbranched alkanes of at least 4 members (excludes halogenated alkanes) is 8. The number of carboxylic acid groups (broad SMARTS) is 1. The molecule has 0 heterocycles. The molecule has 1 aromatic carbocycles. The van der Waals surface area contributed by atoms with Crippen molar-refractivity contribution in [1.29, 1.82) is 0 Å². The summed E-state index contributed by atoms with van der Waals surface area (Å²) in [6.07, 6.45) is 17.5. The highest BCUT2D eigenvalue weighted by Gasteiger charge is 2.16. The molecule has 0 saturated heterocycles. The lowest BCUT2D eigenvalue weighted by molar-refractivity contribution is -0.138. The summed E-state index contributed by atoms with van der Waals surface area (Å²) < 4.78 is 0. The molecule has 0 radical (unpaired) electrons. The van der Waals surface area contributed by atoms with Gasteiger partial charge in [-0.1, -0.05) is 75.8 Å². The summed E-state index contributed by atoms with van der Waals surface area (Å²) in [6, 6.07) is 7.70. The van der Waals surface area contributed by atoms with Crippen LogP contribution in [0.4, 0.5) is 5.69 Å². The molecule has 0 bridgehead atoms. The van der Waals surface area contributed by atoms with Crippen molar-refractivity contribution >= 4 is 11.7 Å². The normalized spacial score (nSPS) is 12.4. The fraction of sp³-hybridized carbons (Fsp3) is 0.609. The van der Waals surface area contributed by atoms with Gasteiger partial charge in [-0.25, -0.2) is 0 Å². The Bertz CT molecular complexity index is 525. The van der Waals surface area contributed by atoms with Gasteiger partial charge in [0.1, 0.15) is 0 Å². The van der Waals surface area contributed by atoms with Crippen molar-refractivity contribution in [2.24, 2.45) is 0 Å². The molecule has 3 heteroatoms. The van der Waals surface area contributed by atoms with Gasteiger partial charge in [-0.15, -0.1) is 0 Å². The van der Waals surface area contributed by atoms with Crippen LogP contribution in [0, 0.1) is 0 Å². The third kappa shape index (κ3) is 9.65. The Morgan fingerprint density at radius 2 is 1.62 bits per heavy atom. The zero-order chi connectivity index (χ0) is 19.0. The highest BCUT2D eigenvalue weighted by molar-refractivity contribution is 5.78. The van der Waals surface area contributed by atoms with Crippen molar-refractivity contribution in [3.63, 3.8) is 0 Å². The van der Waals surface area contributed by atoms with Crippen molar-refractivity contribution in [3.05, 3.63) is 42.0 Å². The van der Waals surface area contributed by atoms with E-state index in [1.54, 1.807) is 6.92 Å². The van der Waals surface area contributed by atoms with Crippen LogP contribution >= 0.6 is 0 Å². The van der Waals surface area contributed by atoms with Crippen molar-refractivity contribution < 1.29 is 9.90 Å². The predicted molar refractivity (Wildman–Crippen MR) is 112 cm³/mol. The molecule has 2 N–H and O–H groups in total. The topological polar surface area (TPSA) is 49.3 Å². The van der Waals surface area contributed by atoms with Gasteiger partial charge in [-0.2, -0.15) is 0 Å². The fourth-order valence-corrected chi connectivity index (χ4v) is 3.07. The molecule has 1 rings (SSSR count). The standard InChI is InChI=1S/C23H37NO2/c1-3-4-5-6-7-8-9-10-11-12-13-16-19-24-22-18-15-14-17-21(22)20(2)23(25)26/h11-12,14-15,17-18,20,24H,3-10,13,16,19H2,1-2H3,(H,25,26). The quantitative estimate of drug-likeness (QED) is 0.268. The van der Waals surface area contributed by atoms with E-state index in [1.165, 1.54) is 51.4 Å². The summed E-state index contributed by atoms with van der Waals surface area (Å²) in [6.45, 7) is 4.86. The molecule has 0 amide bonds. The minimum absolute atomic E-state index is 0.486. The van der Waals surface area contributed by atoms with Gasteiger partial charge in [0, 0.05) is 12.2 Å². The number of nitrogens with one attached hydrogen (secondary N) is 1. The van der Waals surface area contributed by atoms with E-state index in [2.05, 4.69) is 24.4 Å². The molecule has 0 aliphatic carbocycles. The first-order valence-corrected chi connectivity index (χ1v) is 10.4. The van der Waals surface area contributed by atoms with E-state index in [4.69, 9.17) is 0 Å². The van der Waals surface area contributed by atoms with Crippen LogP contribution in [-0.2, 0) is 4.79 Å². The molecule has 0 aliphatic heterocycles. The van der Waals surface area contributed by atoms with Crippen LogP contribution < -0.4 is 5.32 Å².